The Labute approximate surface area is 153 Å². The Kier molecular flexibility index (Phi) is 4.17. The molecule has 1 aromatic heterocycles. The molecule has 6 nitrogen and oxygen atoms in total. The molecule has 1 aromatic carbocycles. The van der Waals surface area contributed by atoms with Crippen LogP contribution in [0.2, 0.25) is 0 Å². The van der Waals surface area contributed by atoms with Crippen LogP contribution in [0.25, 0.3) is 11.0 Å². The summed E-state index contributed by atoms with van der Waals surface area (Å²) in [7, 11) is 0. The van der Waals surface area contributed by atoms with Crippen LogP contribution in [-0.2, 0) is 17.7 Å². The fourth-order valence-corrected chi connectivity index (χ4v) is 4.40. The predicted octanol–water partition coefficient (Wildman–Crippen LogP) is 1.92. The number of amides is 1. The van der Waals surface area contributed by atoms with E-state index in [1.165, 1.54) is 19.3 Å². The van der Waals surface area contributed by atoms with Crippen molar-refractivity contribution in [3.8, 4) is 0 Å². The minimum absolute atomic E-state index is 0.0922. The van der Waals surface area contributed by atoms with E-state index in [1.54, 1.807) is 0 Å². The van der Waals surface area contributed by atoms with E-state index in [1.807, 2.05) is 17.0 Å². The van der Waals surface area contributed by atoms with Crippen molar-refractivity contribution >= 4 is 16.9 Å². The van der Waals surface area contributed by atoms with Crippen LogP contribution in [0.3, 0.4) is 0 Å². The zero-order valence-corrected chi connectivity index (χ0v) is 15.2. The van der Waals surface area contributed by atoms with Crippen LogP contribution in [0.4, 0.5) is 0 Å². The largest absolute Gasteiger partial charge is 0.378 e. The van der Waals surface area contributed by atoms with Crippen molar-refractivity contribution in [3.05, 3.63) is 29.6 Å². The first-order valence-electron chi connectivity index (χ1n) is 9.90. The van der Waals surface area contributed by atoms with Crippen molar-refractivity contribution in [3.63, 3.8) is 0 Å². The number of carbonyl (C=O) groups is 1. The number of imidazole rings is 1. The zero-order chi connectivity index (χ0) is 17.5. The third kappa shape index (κ3) is 2.81. The summed E-state index contributed by atoms with van der Waals surface area (Å²) < 4.78 is 7.71. The van der Waals surface area contributed by atoms with Crippen molar-refractivity contribution < 1.29 is 9.53 Å². The lowest BCUT2D eigenvalue weighted by atomic mass is 9.91. The predicted molar refractivity (Wildman–Crippen MR) is 99.4 cm³/mol. The van der Waals surface area contributed by atoms with E-state index in [0.29, 0.717) is 26.3 Å². The fraction of sp³-hybridized carbons (Fsp3) is 0.600. The van der Waals surface area contributed by atoms with Gasteiger partial charge in [0.25, 0.3) is 5.91 Å². The second kappa shape index (κ2) is 6.67. The van der Waals surface area contributed by atoms with Crippen LogP contribution >= 0.6 is 0 Å². The van der Waals surface area contributed by atoms with Crippen molar-refractivity contribution in [1.29, 1.82) is 0 Å². The number of morpholine rings is 1. The van der Waals surface area contributed by atoms with Crippen molar-refractivity contribution in [2.24, 2.45) is 0 Å². The zero-order valence-electron chi connectivity index (χ0n) is 15.2. The molecule has 2 fully saturated rings. The second-order valence-corrected chi connectivity index (χ2v) is 7.66. The highest BCUT2D eigenvalue weighted by Gasteiger charge is 2.27. The number of carbonyl (C=O) groups excluding carboxylic acids is 1. The maximum atomic E-state index is 12.7. The number of hydrogen-bond acceptors (Lipinski definition) is 4. The lowest BCUT2D eigenvalue weighted by Gasteiger charge is -2.36. The molecule has 2 aliphatic heterocycles. The second-order valence-electron chi connectivity index (χ2n) is 7.66. The number of benzene rings is 1. The highest BCUT2D eigenvalue weighted by molar-refractivity contribution is 5.97. The van der Waals surface area contributed by atoms with Crippen molar-refractivity contribution in [2.45, 2.75) is 38.3 Å². The maximum Gasteiger partial charge on any atom is 0.254 e. The summed E-state index contributed by atoms with van der Waals surface area (Å²) in [6, 6.07) is 6.81. The lowest BCUT2D eigenvalue weighted by Crippen LogP contribution is -2.41. The van der Waals surface area contributed by atoms with E-state index in [9.17, 15) is 4.79 Å². The Morgan fingerprint density at radius 1 is 1.08 bits per heavy atom. The molecule has 3 heterocycles. The summed E-state index contributed by atoms with van der Waals surface area (Å²) >= 11 is 0. The van der Waals surface area contributed by atoms with Crippen molar-refractivity contribution in [1.82, 2.24) is 19.4 Å². The number of ether oxygens (including phenoxy) is 1. The van der Waals surface area contributed by atoms with Crippen LogP contribution < -0.4 is 0 Å². The van der Waals surface area contributed by atoms with Crippen LogP contribution in [-0.4, -0.2) is 70.7 Å². The Hall–Kier alpha value is -1.92. The van der Waals surface area contributed by atoms with Crippen LogP contribution in [0.1, 0.15) is 35.4 Å². The molecule has 26 heavy (non-hydrogen) atoms. The molecular weight excluding hydrogens is 328 g/mol. The molecule has 0 spiro atoms. The fourth-order valence-electron chi connectivity index (χ4n) is 4.40. The smallest absolute Gasteiger partial charge is 0.254 e. The first kappa shape index (κ1) is 16.3. The molecule has 1 amide bonds. The summed E-state index contributed by atoms with van der Waals surface area (Å²) in [4.78, 5) is 22.1. The van der Waals surface area contributed by atoms with Crippen LogP contribution in [0.15, 0.2) is 18.2 Å². The van der Waals surface area contributed by atoms with Crippen LogP contribution in [0, 0.1) is 0 Å². The molecule has 0 unspecified atom stereocenters. The van der Waals surface area contributed by atoms with Gasteiger partial charge in [-0.05, 0) is 31.0 Å². The highest BCUT2D eigenvalue weighted by atomic mass is 16.5. The summed E-state index contributed by atoms with van der Waals surface area (Å²) in [5.41, 5.74) is 2.86. The third-order valence-electron chi connectivity index (χ3n) is 6.20. The molecule has 6 heteroatoms. The van der Waals surface area contributed by atoms with Crippen molar-refractivity contribution in [2.75, 3.05) is 39.4 Å². The quantitative estimate of drug-likeness (QED) is 0.827. The molecule has 0 bridgehead atoms. The van der Waals surface area contributed by atoms with Gasteiger partial charge in [-0.3, -0.25) is 9.69 Å². The summed E-state index contributed by atoms with van der Waals surface area (Å²) in [5, 5.41) is 0. The van der Waals surface area contributed by atoms with Gasteiger partial charge in [0.05, 0.1) is 24.2 Å². The van der Waals surface area contributed by atoms with Gasteiger partial charge < -0.3 is 14.2 Å². The summed E-state index contributed by atoms with van der Waals surface area (Å²) in [6.07, 6.45) is 5.10. The Bertz CT molecular complexity index is 821. The highest BCUT2D eigenvalue weighted by Crippen LogP contribution is 2.27. The molecule has 0 N–H and O–H groups in total. The SMILES string of the molecule is O=C(c1ccc2c(c1)nc1n2CCN(C2CCC2)CC1)N1CCOCC1. The Morgan fingerprint density at radius 3 is 2.69 bits per heavy atom. The molecule has 1 aliphatic carbocycles. The van der Waals surface area contributed by atoms with E-state index in [-0.39, 0.29) is 5.91 Å². The minimum atomic E-state index is 0.0922. The van der Waals surface area contributed by atoms with Gasteiger partial charge in [-0.1, -0.05) is 6.42 Å². The van der Waals surface area contributed by atoms with E-state index < -0.39 is 0 Å². The Balaban J connectivity index is 1.39. The average Bonchev–Trinajstić information content (AvgIpc) is 2.86. The van der Waals surface area contributed by atoms with Gasteiger partial charge in [0, 0.05) is 50.7 Å². The molecular formula is C20H26N4O2. The van der Waals surface area contributed by atoms with Gasteiger partial charge in [0.1, 0.15) is 5.82 Å². The summed E-state index contributed by atoms with van der Waals surface area (Å²) in [5.74, 6) is 1.26. The van der Waals surface area contributed by atoms with E-state index in [4.69, 9.17) is 9.72 Å². The monoisotopic (exact) mass is 354 g/mol. The van der Waals surface area contributed by atoms with Gasteiger partial charge in [-0.25, -0.2) is 4.98 Å². The normalized spacial score (nSPS) is 22.1. The van der Waals surface area contributed by atoms with Gasteiger partial charge >= 0.3 is 0 Å². The standard InChI is InChI=1S/C20H26N4O2/c25-20(23-10-12-26-13-11-23)15-4-5-18-17(14-15)21-19-6-7-22(8-9-24(18)19)16-2-1-3-16/h4-5,14,16H,1-3,6-13H2. The topological polar surface area (TPSA) is 50.6 Å². The Morgan fingerprint density at radius 2 is 1.92 bits per heavy atom. The van der Waals surface area contributed by atoms with Gasteiger partial charge in [0.15, 0.2) is 0 Å². The van der Waals surface area contributed by atoms with E-state index in [0.717, 1.165) is 54.5 Å². The lowest BCUT2D eigenvalue weighted by molar-refractivity contribution is 0.0303. The van der Waals surface area contributed by atoms with Gasteiger partial charge in [-0.2, -0.15) is 0 Å². The number of nitrogens with zero attached hydrogens (tertiary/aromatic N) is 4. The molecule has 5 rings (SSSR count). The van der Waals surface area contributed by atoms with Gasteiger partial charge in [-0.15, -0.1) is 0 Å². The molecule has 1 saturated carbocycles. The van der Waals surface area contributed by atoms with Crippen LogP contribution in [0.5, 0.6) is 0 Å². The number of aromatic nitrogens is 2. The first-order valence-corrected chi connectivity index (χ1v) is 9.90. The van der Waals surface area contributed by atoms with Gasteiger partial charge in [0.2, 0.25) is 0 Å². The first-order chi connectivity index (χ1) is 12.8. The average molecular weight is 354 g/mol. The minimum Gasteiger partial charge on any atom is -0.378 e. The molecule has 1 saturated heterocycles. The maximum absolute atomic E-state index is 12.7. The third-order valence-corrected chi connectivity index (χ3v) is 6.20. The molecule has 138 valence electrons. The molecule has 2 aromatic rings. The van der Waals surface area contributed by atoms with E-state index >= 15 is 0 Å². The molecule has 0 atom stereocenters. The molecule has 3 aliphatic rings. The summed E-state index contributed by atoms with van der Waals surface area (Å²) in [6.45, 7) is 5.82. The van der Waals surface area contributed by atoms with E-state index in [2.05, 4.69) is 15.5 Å². The number of rotatable bonds is 2. The number of hydrogen-bond donors (Lipinski definition) is 0. The molecule has 0 radical (unpaired) electrons. The number of fused-ring (bicyclic) bond motifs is 3.